The number of carboxylic acid groups (broad SMARTS) is 1. The van der Waals surface area contributed by atoms with Crippen molar-refractivity contribution in [2.75, 3.05) is 26.2 Å². The number of aliphatic hydroxyl groups excluding tert-OH is 1. The highest BCUT2D eigenvalue weighted by Crippen LogP contribution is 2.29. The topological polar surface area (TPSA) is 164 Å². The molecule has 0 radical (unpaired) electrons. The summed E-state index contributed by atoms with van der Waals surface area (Å²) in [5, 5.41) is 28.8. The third-order valence-electron chi connectivity index (χ3n) is 9.97. The van der Waals surface area contributed by atoms with Gasteiger partial charge in [-0.05, 0) is 54.4 Å². The van der Waals surface area contributed by atoms with Gasteiger partial charge in [0.05, 0.1) is 18.3 Å². The zero-order valence-corrected chi connectivity index (χ0v) is 31.6. The minimum atomic E-state index is -1.16. The maximum atomic E-state index is 14.6. The maximum absolute atomic E-state index is 14.6. The van der Waals surface area contributed by atoms with E-state index in [0.717, 1.165) is 22.5 Å². The number of hydrogen-bond acceptors (Lipinski definition) is 6. The molecule has 1 aliphatic rings. The average molecular weight is 729 g/mol. The first-order chi connectivity index (χ1) is 25.3. The predicted molar refractivity (Wildman–Crippen MR) is 204 cm³/mol. The van der Waals surface area contributed by atoms with E-state index in [1.807, 2.05) is 99.6 Å². The number of amides is 5. The second kappa shape index (κ2) is 19.2. The number of aryl methyl sites for hydroxylation is 1. The van der Waals surface area contributed by atoms with Crippen molar-refractivity contribution in [3.8, 4) is 0 Å². The summed E-state index contributed by atoms with van der Waals surface area (Å²) < 4.78 is 0. The van der Waals surface area contributed by atoms with Crippen molar-refractivity contribution in [1.82, 2.24) is 30.7 Å². The highest BCUT2D eigenvalue weighted by Gasteiger charge is 2.41. The summed E-state index contributed by atoms with van der Waals surface area (Å²) in [4.78, 5) is 60.3. The Morgan fingerprint density at radius 3 is 2.26 bits per heavy atom. The van der Waals surface area contributed by atoms with E-state index < -0.39 is 29.7 Å². The molecular weight excluding hydrogens is 672 g/mol. The monoisotopic (exact) mass is 728 g/mol. The molecule has 0 aliphatic carbocycles. The highest BCUT2D eigenvalue weighted by atomic mass is 16.4. The van der Waals surface area contributed by atoms with Crippen molar-refractivity contribution in [2.24, 2.45) is 11.3 Å². The van der Waals surface area contributed by atoms with Crippen LogP contribution in [0.15, 0.2) is 78.9 Å². The van der Waals surface area contributed by atoms with Gasteiger partial charge in [-0.3, -0.25) is 14.6 Å². The van der Waals surface area contributed by atoms with Crippen molar-refractivity contribution in [3.05, 3.63) is 101 Å². The van der Waals surface area contributed by atoms with Gasteiger partial charge in [-0.2, -0.15) is 0 Å². The summed E-state index contributed by atoms with van der Waals surface area (Å²) in [5.41, 5.74) is 3.07. The van der Waals surface area contributed by atoms with Gasteiger partial charge in [-0.15, -0.1) is 0 Å². The number of nitrogens with zero attached hydrogens (tertiary/aromatic N) is 3. The molecule has 5 amide bonds. The molecule has 2 aromatic carbocycles. The number of aromatic nitrogens is 1. The summed E-state index contributed by atoms with van der Waals surface area (Å²) >= 11 is 0. The SMILES string of the molecule is CCC(C)C(C(=O)NC(CC(O)CNC(=O)CC(C)(C)CNC(=O)O)C(Cc1ccccc1)c1ccccc1)N1CCN(Cc2cccc(C)n2)C1=O. The second-order valence-electron chi connectivity index (χ2n) is 15.0. The lowest BCUT2D eigenvalue weighted by atomic mass is 9.82. The number of pyridine rings is 1. The molecule has 1 saturated heterocycles. The van der Waals surface area contributed by atoms with E-state index in [2.05, 4.69) is 20.9 Å². The number of benzene rings is 2. The van der Waals surface area contributed by atoms with Gasteiger partial charge in [-0.1, -0.05) is 101 Å². The molecule has 1 aromatic heterocycles. The Hall–Kier alpha value is -4.97. The summed E-state index contributed by atoms with van der Waals surface area (Å²) in [7, 11) is 0. The summed E-state index contributed by atoms with van der Waals surface area (Å²) in [6.45, 7) is 10.7. The molecule has 0 saturated carbocycles. The zero-order chi connectivity index (χ0) is 38.5. The molecule has 4 rings (SSSR count). The average Bonchev–Trinajstić information content (AvgIpc) is 3.47. The Morgan fingerprint density at radius 2 is 1.62 bits per heavy atom. The third kappa shape index (κ3) is 12.3. The summed E-state index contributed by atoms with van der Waals surface area (Å²) in [6, 6.07) is 24.1. The van der Waals surface area contributed by atoms with Crippen LogP contribution in [0.3, 0.4) is 0 Å². The molecule has 1 aliphatic heterocycles. The van der Waals surface area contributed by atoms with Crippen LogP contribution in [0.2, 0.25) is 0 Å². The molecule has 53 heavy (non-hydrogen) atoms. The quantitative estimate of drug-likeness (QED) is 0.115. The van der Waals surface area contributed by atoms with Gasteiger partial charge in [-0.25, -0.2) is 9.59 Å². The number of aliphatic hydroxyl groups is 1. The lowest BCUT2D eigenvalue weighted by Gasteiger charge is -2.35. The van der Waals surface area contributed by atoms with Gasteiger partial charge < -0.3 is 36.0 Å². The van der Waals surface area contributed by atoms with Gasteiger partial charge in [0.25, 0.3) is 0 Å². The van der Waals surface area contributed by atoms with E-state index in [4.69, 9.17) is 5.11 Å². The molecule has 5 atom stereocenters. The number of carbonyl (C=O) groups is 4. The molecule has 1 fully saturated rings. The van der Waals surface area contributed by atoms with Crippen LogP contribution >= 0.6 is 0 Å². The first-order valence-electron chi connectivity index (χ1n) is 18.5. The number of urea groups is 1. The van der Waals surface area contributed by atoms with Crippen molar-refractivity contribution >= 4 is 23.9 Å². The van der Waals surface area contributed by atoms with E-state index in [0.29, 0.717) is 32.5 Å². The largest absolute Gasteiger partial charge is 0.465 e. The normalized spacial score (nSPS) is 16.0. The van der Waals surface area contributed by atoms with Crippen LogP contribution < -0.4 is 16.0 Å². The molecule has 5 N–H and O–H groups in total. The molecule has 3 aromatic rings. The maximum Gasteiger partial charge on any atom is 0.404 e. The van der Waals surface area contributed by atoms with Gasteiger partial charge in [0, 0.05) is 50.3 Å². The number of carbonyl (C=O) groups excluding carboxylic acids is 3. The summed E-state index contributed by atoms with van der Waals surface area (Å²) in [6.07, 6.45) is -0.739. The van der Waals surface area contributed by atoms with Crippen LogP contribution in [0, 0.1) is 18.3 Å². The van der Waals surface area contributed by atoms with Crippen molar-refractivity contribution in [3.63, 3.8) is 0 Å². The summed E-state index contributed by atoms with van der Waals surface area (Å²) in [5.74, 6) is -1.000. The molecule has 5 unspecified atom stereocenters. The van der Waals surface area contributed by atoms with E-state index in [1.54, 1.807) is 23.6 Å². The molecule has 12 heteroatoms. The van der Waals surface area contributed by atoms with Crippen LogP contribution in [-0.2, 0) is 22.6 Å². The zero-order valence-electron chi connectivity index (χ0n) is 31.6. The lowest BCUT2D eigenvalue weighted by molar-refractivity contribution is -0.128. The third-order valence-corrected chi connectivity index (χ3v) is 9.97. The number of rotatable bonds is 19. The van der Waals surface area contributed by atoms with Crippen LogP contribution in [0.5, 0.6) is 0 Å². The van der Waals surface area contributed by atoms with E-state index in [1.165, 1.54) is 0 Å². The van der Waals surface area contributed by atoms with E-state index in [9.17, 15) is 24.3 Å². The van der Waals surface area contributed by atoms with Crippen molar-refractivity contribution < 1.29 is 29.4 Å². The lowest BCUT2D eigenvalue weighted by Crippen LogP contribution is -2.55. The van der Waals surface area contributed by atoms with Crippen LogP contribution in [-0.4, -0.2) is 93.3 Å². The minimum Gasteiger partial charge on any atom is -0.465 e. The fourth-order valence-electron chi connectivity index (χ4n) is 6.95. The van der Waals surface area contributed by atoms with Gasteiger partial charge in [0.1, 0.15) is 6.04 Å². The fraction of sp³-hybridized carbons (Fsp3) is 0.488. The Labute approximate surface area is 313 Å². The molecule has 12 nitrogen and oxygen atoms in total. The molecular formula is C41H56N6O6. The van der Waals surface area contributed by atoms with Crippen LogP contribution in [0.4, 0.5) is 9.59 Å². The van der Waals surface area contributed by atoms with Gasteiger partial charge in [0.15, 0.2) is 0 Å². The Morgan fingerprint density at radius 1 is 0.943 bits per heavy atom. The van der Waals surface area contributed by atoms with E-state index >= 15 is 0 Å². The first kappa shape index (κ1) is 40.8. The highest BCUT2D eigenvalue weighted by molar-refractivity contribution is 5.88. The number of hydrogen-bond donors (Lipinski definition) is 5. The first-order valence-corrected chi connectivity index (χ1v) is 18.5. The second-order valence-corrected chi connectivity index (χ2v) is 15.0. The predicted octanol–water partition coefficient (Wildman–Crippen LogP) is 5.10. The van der Waals surface area contributed by atoms with Gasteiger partial charge in [0.2, 0.25) is 11.8 Å². The van der Waals surface area contributed by atoms with Gasteiger partial charge >= 0.3 is 12.1 Å². The molecule has 0 spiro atoms. The molecule has 0 bridgehead atoms. The van der Waals surface area contributed by atoms with Crippen molar-refractivity contribution in [2.45, 2.75) is 91.0 Å². The Balaban J connectivity index is 1.57. The standard InChI is InChI=1S/C41H56N6O6/c1-6-28(2)37(47-21-20-46(40(47)53)26-32-19-13-14-29(3)44-32)38(50)45-35(23-33(48)25-42-36(49)24-41(4,5)27-43-39(51)52)34(31-17-11-8-12-18-31)22-30-15-9-7-10-16-30/h7-19,28,33-35,37,43,48H,6,20-27H2,1-5H3,(H,42,49)(H,45,50)(H,51,52). The van der Waals surface area contributed by atoms with Crippen LogP contribution in [0.1, 0.15) is 75.4 Å². The number of nitrogens with one attached hydrogen (secondary N) is 3. The Kier molecular flexibility index (Phi) is 14.8. The van der Waals surface area contributed by atoms with Crippen molar-refractivity contribution in [1.29, 1.82) is 0 Å². The molecule has 2 heterocycles. The van der Waals surface area contributed by atoms with Crippen LogP contribution in [0.25, 0.3) is 0 Å². The minimum absolute atomic E-state index is 0.0537. The van der Waals surface area contributed by atoms with E-state index in [-0.39, 0.29) is 55.6 Å². The Bertz CT molecular complexity index is 1650. The smallest absolute Gasteiger partial charge is 0.404 e. The fourth-order valence-corrected chi connectivity index (χ4v) is 6.95. The molecule has 286 valence electrons.